The summed E-state index contributed by atoms with van der Waals surface area (Å²) in [5.41, 5.74) is 2.18. The smallest absolute Gasteiger partial charge is 0.126 e. The third-order valence-electron chi connectivity index (χ3n) is 2.06. The standard InChI is InChI=1S/C14H16O.C2H6/c1-4-8-12(9-5-2)13-10-6-7-11-14(13)15-3;1-2/h4-11H,1H2,2-3H3;1-2H3/b9-5-,12-8+;. The van der Waals surface area contributed by atoms with Gasteiger partial charge in [-0.05, 0) is 18.6 Å². The van der Waals surface area contributed by atoms with Crippen LogP contribution in [0.2, 0.25) is 0 Å². The fourth-order valence-corrected chi connectivity index (χ4v) is 1.42. The molecule has 0 spiro atoms. The first-order chi connectivity index (χ1) is 8.33. The van der Waals surface area contributed by atoms with Gasteiger partial charge in [-0.25, -0.2) is 0 Å². The molecule has 0 aliphatic heterocycles. The Kier molecular flexibility index (Phi) is 8.48. The molecule has 0 N–H and O–H groups in total. The van der Waals surface area contributed by atoms with Crippen molar-refractivity contribution in [1.29, 1.82) is 0 Å². The summed E-state index contributed by atoms with van der Waals surface area (Å²) in [6.07, 6.45) is 7.79. The van der Waals surface area contributed by atoms with E-state index < -0.39 is 0 Å². The zero-order valence-corrected chi connectivity index (χ0v) is 11.2. The Balaban J connectivity index is 0.00000121. The maximum absolute atomic E-state index is 5.31. The second-order valence-electron chi connectivity index (χ2n) is 3.06. The fraction of sp³-hybridized carbons (Fsp3) is 0.250. The molecule has 0 aliphatic carbocycles. The van der Waals surface area contributed by atoms with Crippen LogP contribution >= 0.6 is 0 Å². The van der Waals surface area contributed by atoms with Crippen molar-refractivity contribution in [1.82, 2.24) is 0 Å². The second-order valence-corrected chi connectivity index (χ2v) is 3.06. The summed E-state index contributed by atoms with van der Waals surface area (Å²) in [5.74, 6) is 0.878. The Bertz CT molecular complexity index is 386. The Labute approximate surface area is 105 Å². The van der Waals surface area contributed by atoms with Crippen molar-refractivity contribution in [2.75, 3.05) is 7.11 Å². The van der Waals surface area contributed by atoms with Gasteiger partial charge < -0.3 is 4.74 Å². The van der Waals surface area contributed by atoms with E-state index in [0.29, 0.717) is 0 Å². The summed E-state index contributed by atoms with van der Waals surface area (Å²) in [6.45, 7) is 9.71. The molecule has 0 saturated carbocycles. The van der Waals surface area contributed by atoms with Gasteiger partial charge in [0.05, 0.1) is 7.11 Å². The largest absolute Gasteiger partial charge is 0.496 e. The number of rotatable bonds is 4. The lowest BCUT2D eigenvalue weighted by Gasteiger charge is -2.08. The van der Waals surface area contributed by atoms with Crippen LogP contribution in [-0.2, 0) is 0 Å². The van der Waals surface area contributed by atoms with Crippen molar-refractivity contribution in [3.8, 4) is 5.75 Å². The van der Waals surface area contributed by atoms with Gasteiger partial charge in [0.25, 0.3) is 0 Å². The Morgan fingerprint density at radius 3 is 2.41 bits per heavy atom. The molecule has 1 heteroatoms. The third kappa shape index (κ3) is 4.73. The molecule has 1 aromatic rings. The van der Waals surface area contributed by atoms with Crippen LogP contribution in [0.5, 0.6) is 5.75 Å². The van der Waals surface area contributed by atoms with Crippen molar-refractivity contribution in [3.05, 3.63) is 60.7 Å². The molecule has 0 aromatic heterocycles. The van der Waals surface area contributed by atoms with E-state index in [1.54, 1.807) is 13.2 Å². The van der Waals surface area contributed by atoms with Gasteiger partial charge in [-0.1, -0.05) is 62.9 Å². The summed E-state index contributed by atoms with van der Waals surface area (Å²) in [7, 11) is 1.68. The first-order valence-electron chi connectivity index (χ1n) is 5.92. The first kappa shape index (κ1) is 15.2. The van der Waals surface area contributed by atoms with Crippen molar-refractivity contribution in [2.24, 2.45) is 0 Å². The molecule has 0 saturated heterocycles. The molecule has 1 rings (SSSR count). The average Bonchev–Trinajstić information content (AvgIpc) is 2.41. The highest BCUT2D eigenvalue weighted by Gasteiger charge is 2.03. The van der Waals surface area contributed by atoms with Crippen LogP contribution in [0.4, 0.5) is 0 Å². The third-order valence-corrected chi connectivity index (χ3v) is 2.06. The van der Waals surface area contributed by atoms with Crippen molar-refractivity contribution in [3.63, 3.8) is 0 Å². The van der Waals surface area contributed by atoms with E-state index in [1.165, 1.54) is 0 Å². The molecule has 92 valence electrons. The van der Waals surface area contributed by atoms with E-state index in [-0.39, 0.29) is 0 Å². The number of benzene rings is 1. The van der Waals surface area contributed by atoms with Gasteiger partial charge in [0, 0.05) is 5.56 Å². The normalized spacial score (nSPS) is 10.7. The van der Waals surface area contributed by atoms with Crippen molar-refractivity contribution in [2.45, 2.75) is 20.8 Å². The lowest BCUT2D eigenvalue weighted by Crippen LogP contribution is -1.89. The van der Waals surface area contributed by atoms with E-state index in [2.05, 4.69) is 6.58 Å². The van der Waals surface area contributed by atoms with Crippen LogP contribution in [0.25, 0.3) is 5.57 Å². The lowest BCUT2D eigenvalue weighted by atomic mass is 10.0. The molecule has 0 fully saturated rings. The molecule has 0 bridgehead atoms. The minimum atomic E-state index is 0.878. The Morgan fingerprint density at radius 1 is 1.24 bits per heavy atom. The van der Waals surface area contributed by atoms with E-state index in [4.69, 9.17) is 4.74 Å². The highest BCUT2D eigenvalue weighted by Crippen LogP contribution is 2.26. The van der Waals surface area contributed by atoms with Crippen LogP contribution in [0.15, 0.2) is 55.1 Å². The van der Waals surface area contributed by atoms with E-state index in [0.717, 1.165) is 16.9 Å². The average molecular weight is 230 g/mol. The Morgan fingerprint density at radius 2 is 1.88 bits per heavy atom. The minimum Gasteiger partial charge on any atom is -0.496 e. The van der Waals surface area contributed by atoms with Gasteiger partial charge in [0.1, 0.15) is 5.75 Å². The number of hydrogen-bond acceptors (Lipinski definition) is 1. The molecule has 0 atom stereocenters. The number of para-hydroxylation sites is 1. The van der Waals surface area contributed by atoms with Gasteiger partial charge in [0.15, 0.2) is 0 Å². The SMILES string of the molecule is C=C/C=C(\C=C/C)c1ccccc1OC.CC. The van der Waals surface area contributed by atoms with E-state index in [1.807, 2.05) is 63.3 Å². The fourth-order valence-electron chi connectivity index (χ4n) is 1.42. The zero-order chi connectivity index (χ0) is 13.1. The summed E-state index contributed by atoms with van der Waals surface area (Å²) in [6, 6.07) is 7.95. The molecular formula is C16H22O. The molecule has 1 nitrogen and oxygen atoms in total. The van der Waals surface area contributed by atoms with Gasteiger partial charge >= 0.3 is 0 Å². The van der Waals surface area contributed by atoms with Crippen LogP contribution in [0.3, 0.4) is 0 Å². The van der Waals surface area contributed by atoms with Crippen molar-refractivity contribution < 1.29 is 4.74 Å². The van der Waals surface area contributed by atoms with E-state index in [9.17, 15) is 0 Å². The summed E-state index contributed by atoms with van der Waals surface area (Å²) >= 11 is 0. The summed E-state index contributed by atoms with van der Waals surface area (Å²) in [5, 5.41) is 0. The molecule has 0 heterocycles. The first-order valence-corrected chi connectivity index (χ1v) is 5.92. The van der Waals surface area contributed by atoms with Gasteiger partial charge in [0.2, 0.25) is 0 Å². The maximum atomic E-state index is 5.31. The monoisotopic (exact) mass is 230 g/mol. The maximum Gasteiger partial charge on any atom is 0.126 e. The lowest BCUT2D eigenvalue weighted by molar-refractivity contribution is 0.413. The highest BCUT2D eigenvalue weighted by molar-refractivity contribution is 5.78. The number of methoxy groups -OCH3 is 1. The second kappa shape index (κ2) is 9.46. The topological polar surface area (TPSA) is 9.23 Å². The highest BCUT2D eigenvalue weighted by atomic mass is 16.5. The molecule has 0 radical (unpaired) electrons. The number of ether oxygens (including phenoxy) is 1. The minimum absolute atomic E-state index is 0.878. The van der Waals surface area contributed by atoms with Gasteiger partial charge in [-0.2, -0.15) is 0 Å². The quantitative estimate of drug-likeness (QED) is 0.671. The Hall–Kier alpha value is -1.76. The number of allylic oxidation sites excluding steroid dienone is 5. The predicted octanol–water partition coefficient (Wildman–Crippen LogP) is 4.87. The molecule has 0 aliphatic rings. The predicted molar refractivity (Wildman–Crippen MR) is 77.3 cm³/mol. The zero-order valence-electron chi connectivity index (χ0n) is 11.2. The van der Waals surface area contributed by atoms with Crippen LogP contribution in [-0.4, -0.2) is 7.11 Å². The molecule has 0 unspecified atom stereocenters. The van der Waals surface area contributed by atoms with Gasteiger partial charge in [-0.3, -0.25) is 0 Å². The van der Waals surface area contributed by atoms with Gasteiger partial charge in [-0.15, -0.1) is 0 Å². The summed E-state index contributed by atoms with van der Waals surface area (Å²) < 4.78 is 5.31. The van der Waals surface area contributed by atoms with Crippen LogP contribution in [0, 0.1) is 0 Å². The molecule has 17 heavy (non-hydrogen) atoms. The van der Waals surface area contributed by atoms with Crippen molar-refractivity contribution >= 4 is 5.57 Å². The molecule has 0 amide bonds. The van der Waals surface area contributed by atoms with Crippen LogP contribution < -0.4 is 4.74 Å². The van der Waals surface area contributed by atoms with E-state index >= 15 is 0 Å². The van der Waals surface area contributed by atoms with Crippen LogP contribution in [0.1, 0.15) is 26.3 Å². The molecular weight excluding hydrogens is 208 g/mol. The molecule has 1 aromatic carbocycles. The summed E-state index contributed by atoms with van der Waals surface area (Å²) in [4.78, 5) is 0. The number of hydrogen-bond donors (Lipinski definition) is 0.